The Morgan fingerprint density at radius 3 is 2.27 bits per heavy atom. The smallest absolute Gasteiger partial charge is 0.315 e. The molecule has 1 heterocycles. The summed E-state index contributed by atoms with van der Waals surface area (Å²) in [7, 11) is 0. The van der Waals surface area contributed by atoms with Gasteiger partial charge in [-0.15, -0.1) is 0 Å². The Bertz CT molecular complexity index is 322. The van der Waals surface area contributed by atoms with Crippen LogP contribution >= 0.6 is 0 Å². The van der Waals surface area contributed by atoms with Gasteiger partial charge in [0.05, 0.1) is 0 Å². The number of carbonyl (C=O) groups is 3. The van der Waals surface area contributed by atoms with Gasteiger partial charge in [0.25, 0.3) is 0 Å². The van der Waals surface area contributed by atoms with Gasteiger partial charge < -0.3 is 15.5 Å². The van der Waals surface area contributed by atoms with E-state index in [1.54, 1.807) is 13.8 Å². The molecule has 0 aromatic carbocycles. The van der Waals surface area contributed by atoms with E-state index >= 15 is 0 Å². The largest absolute Gasteiger partial charge is 0.481 e. The van der Waals surface area contributed by atoms with E-state index < -0.39 is 35.1 Å². The number of aliphatic carboxylic acids is 2. The summed E-state index contributed by atoms with van der Waals surface area (Å²) >= 11 is 0. The molecule has 6 heteroatoms. The van der Waals surface area contributed by atoms with Crippen molar-refractivity contribution < 1.29 is 24.6 Å². The normalized spacial score (nSPS) is 29.9. The van der Waals surface area contributed by atoms with Crippen LogP contribution in [-0.2, 0) is 14.4 Å². The minimum Gasteiger partial charge on any atom is -0.481 e. The Hall–Kier alpha value is -1.43. The van der Waals surface area contributed by atoms with Gasteiger partial charge in [0.2, 0.25) is 0 Å². The number of piperidine rings is 1. The molecular weight excluding hydrogens is 202 g/mol. The number of hydrogen-bond donors (Lipinski definition) is 3. The van der Waals surface area contributed by atoms with Gasteiger partial charge in [-0.2, -0.15) is 0 Å². The third-order valence-corrected chi connectivity index (χ3v) is 2.66. The van der Waals surface area contributed by atoms with E-state index in [2.05, 4.69) is 5.32 Å². The molecule has 0 aromatic rings. The fourth-order valence-electron chi connectivity index (χ4n) is 1.76. The SMILES string of the molecule is CC1(C)NCC(C(=O)O)C(=O)C1C(=O)O. The molecule has 3 N–H and O–H groups in total. The van der Waals surface area contributed by atoms with Crippen LogP contribution in [0.25, 0.3) is 0 Å². The molecule has 0 spiro atoms. The molecule has 6 nitrogen and oxygen atoms in total. The maximum atomic E-state index is 11.6. The van der Waals surface area contributed by atoms with Crippen LogP contribution in [-0.4, -0.2) is 40.0 Å². The number of carbonyl (C=O) groups excluding carboxylic acids is 1. The average Bonchev–Trinajstić information content (AvgIpc) is 2.00. The molecule has 1 aliphatic heterocycles. The summed E-state index contributed by atoms with van der Waals surface area (Å²) in [6.45, 7) is 3.12. The molecule has 1 rings (SSSR count). The molecule has 2 atom stereocenters. The Labute approximate surface area is 86.3 Å². The Kier molecular flexibility index (Phi) is 2.81. The van der Waals surface area contributed by atoms with Crippen LogP contribution in [0.5, 0.6) is 0 Å². The predicted molar refractivity (Wildman–Crippen MR) is 49.3 cm³/mol. The Balaban J connectivity index is 3.02. The molecule has 0 radical (unpaired) electrons. The molecule has 84 valence electrons. The molecule has 0 aliphatic carbocycles. The summed E-state index contributed by atoms with van der Waals surface area (Å²) in [6.07, 6.45) is 0. The summed E-state index contributed by atoms with van der Waals surface area (Å²) in [4.78, 5) is 33.2. The number of hydrogen-bond acceptors (Lipinski definition) is 4. The second-order valence-corrected chi connectivity index (χ2v) is 4.17. The minimum atomic E-state index is -1.31. The van der Waals surface area contributed by atoms with Crippen molar-refractivity contribution in [1.82, 2.24) is 5.32 Å². The van der Waals surface area contributed by atoms with E-state index in [9.17, 15) is 14.4 Å². The number of ketones is 1. The topological polar surface area (TPSA) is 104 Å². The van der Waals surface area contributed by atoms with Crippen molar-refractivity contribution in [1.29, 1.82) is 0 Å². The summed E-state index contributed by atoms with van der Waals surface area (Å²) in [5.41, 5.74) is -0.908. The zero-order valence-electron chi connectivity index (χ0n) is 8.48. The zero-order chi connectivity index (χ0) is 11.8. The standard InChI is InChI=1S/C9H13NO5/c1-9(2)5(8(14)15)6(11)4(3-10-9)7(12)13/h4-5,10H,3H2,1-2H3,(H,12,13)(H,14,15). The summed E-state index contributed by atoms with van der Waals surface area (Å²) in [5, 5.41) is 20.4. The monoisotopic (exact) mass is 215 g/mol. The van der Waals surface area contributed by atoms with Crippen molar-refractivity contribution >= 4 is 17.7 Å². The number of nitrogens with one attached hydrogen (secondary N) is 1. The van der Waals surface area contributed by atoms with Crippen LogP contribution in [0.3, 0.4) is 0 Å². The van der Waals surface area contributed by atoms with E-state index in [1.165, 1.54) is 0 Å². The Morgan fingerprint density at radius 2 is 1.87 bits per heavy atom. The molecule has 0 amide bonds. The number of rotatable bonds is 2. The summed E-state index contributed by atoms with van der Waals surface area (Å²) in [5.74, 6) is -5.89. The fourth-order valence-corrected chi connectivity index (χ4v) is 1.76. The number of carboxylic acids is 2. The van der Waals surface area contributed by atoms with Crippen LogP contribution in [0.1, 0.15) is 13.8 Å². The quantitative estimate of drug-likeness (QED) is 0.528. The van der Waals surface area contributed by atoms with Crippen molar-refractivity contribution in [3.63, 3.8) is 0 Å². The van der Waals surface area contributed by atoms with Gasteiger partial charge in [0.15, 0.2) is 5.78 Å². The van der Waals surface area contributed by atoms with Crippen molar-refractivity contribution in [2.45, 2.75) is 19.4 Å². The van der Waals surface area contributed by atoms with Crippen molar-refractivity contribution in [3.05, 3.63) is 0 Å². The second-order valence-electron chi connectivity index (χ2n) is 4.17. The van der Waals surface area contributed by atoms with E-state index in [0.29, 0.717) is 0 Å². The van der Waals surface area contributed by atoms with Gasteiger partial charge >= 0.3 is 11.9 Å². The first-order chi connectivity index (χ1) is 6.77. The first-order valence-electron chi connectivity index (χ1n) is 4.51. The zero-order valence-corrected chi connectivity index (χ0v) is 8.48. The van der Waals surface area contributed by atoms with Crippen molar-refractivity contribution in [2.24, 2.45) is 11.8 Å². The summed E-state index contributed by atoms with van der Waals surface area (Å²) in [6, 6.07) is 0. The highest BCUT2D eigenvalue weighted by Crippen LogP contribution is 2.26. The Morgan fingerprint density at radius 1 is 1.33 bits per heavy atom. The highest BCUT2D eigenvalue weighted by atomic mass is 16.4. The van der Waals surface area contributed by atoms with Crippen LogP contribution in [0.15, 0.2) is 0 Å². The maximum Gasteiger partial charge on any atom is 0.315 e. The molecule has 1 aliphatic rings. The van der Waals surface area contributed by atoms with Gasteiger partial charge in [-0.25, -0.2) is 0 Å². The first kappa shape index (κ1) is 11.6. The lowest BCUT2D eigenvalue weighted by molar-refractivity contribution is -0.157. The summed E-state index contributed by atoms with van der Waals surface area (Å²) < 4.78 is 0. The second kappa shape index (κ2) is 3.62. The highest BCUT2D eigenvalue weighted by molar-refractivity contribution is 6.09. The fraction of sp³-hybridized carbons (Fsp3) is 0.667. The van der Waals surface area contributed by atoms with Gasteiger partial charge in [-0.3, -0.25) is 14.4 Å². The highest BCUT2D eigenvalue weighted by Gasteiger charge is 2.49. The lowest BCUT2D eigenvalue weighted by Crippen LogP contribution is -2.61. The minimum absolute atomic E-state index is 0.0229. The molecule has 0 bridgehead atoms. The molecule has 1 fully saturated rings. The van der Waals surface area contributed by atoms with Crippen molar-refractivity contribution in [2.75, 3.05) is 6.54 Å². The third kappa shape index (κ3) is 1.99. The van der Waals surface area contributed by atoms with Gasteiger partial charge in [0.1, 0.15) is 11.8 Å². The molecule has 2 unspecified atom stereocenters. The number of carboxylic acid groups (broad SMARTS) is 2. The predicted octanol–water partition coefficient (Wildman–Crippen LogP) is -0.661. The van der Waals surface area contributed by atoms with Crippen molar-refractivity contribution in [3.8, 4) is 0 Å². The lowest BCUT2D eigenvalue weighted by Gasteiger charge is -2.38. The third-order valence-electron chi connectivity index (χ3n) is 2.66. The molecule has 0 aromatic heterocycles. The van der Waals surface area contributed by atoms with Crippen LogP contribution < -0.4 is 5.32 Å². The lowest BCUT2D eigenvalue weighted by atomic mass is 9.76. The number of Topliss-reactive ketones (excluding diaryl/α,β-unsaturated/α-hetero) is 1. The van der Waals surface area contributed by atoms with Crippen LogP contribution in [0.2, 0.25) is 0 Å². The molecule has 1 saturated heterocycles. The average molecular weight is 215 g/mol. The van der Waals surface area contributed by atoms with Gasteiger partial charge in [-0.1, -0.05) is 0 Å². The van der Waals surface area contributed by atoms with Crippen LogP contribution in [0.4, 0.5) is 0 Å². The first-order valence-corrected chi connectivity index (χ1v) is 4.51. The van der Waals surface area contributed by atoms with Crippen LogP contribution in [0, 0.1) is 11.8 Å². The maximum absolute atomic E-state index is 11.6. The van der Waals surface area contributed by atoms with E-state index in [1.807, 2.05) is 0 Å². The van der Waals surface area contributed by atoms with Gasteiger partial charge in [0, 0.05) is 12.1 Å². The van der Waals surface area contributed by atoms with E-state index in [4.69, 9.17) is 10.2 Å². The van der Waals surface area contributed by atoms with Gasteiger partial charge in [-0.05, 0) is 13.8 Å². The molecular formula is C9H13NO5. The molecule has 15 heavy (non-hydrogen) atoms. The van der Waals surface area contributed by atoms with E-state index in [0.717, 1.165) is 0 Å². The van der Waals surface area contributed by atoms with E-state index in [-0.39, 0.29) is 6.54 Å². The molecule has 0 saturated carbocycles.